The van der Waals surface area contributed by atoms with Gasteiger partial charge in [0.15, 0.2) is 5.17 Å². The molecule has 8 heteroatoms. The van der Waals surface area contributed by atoms with Crippen molar-refractivity contribution >= 4 is 34.7 Å². The van der Waals surface area contributed by atoms with Crippen LogP contribution in [0.4, 0.5) is 5.69 Å². The van der Waals surface area contributed by atoms with E-state index in [1.807, 2.05) is 31.2 Å². The highest BCUT2D eigenvalue weighted by atomic mass is 32.2. The molecule has 0 aromatic heterocycles. The van der Waals surface area contributed by atoms with Gasteiger partial charge in [0.25, 0.3) is 5.69 Å². The summed E-state index contributed by atoms with van der Waals surface area (Å²) in [5.74, 6) is -0.175. The number of benzene rings is 2. The zero-order valence-electron chi connectivity index (χ0n) is 14.0. The van der Waals surface area contributed by atoms with Gasteiger partial charge < -0.3 is 5.32 Å². The third-order valence-corrected chi connectivity index (χ3v) is 4.79. The summed E-state index contributed by atoms with van der Waals surface area (Å²) in [5.41, 5.74) is 2.80. The average molecular weight is 368 g/mol. The zero-order chi connectivity index (χ0) is 18.5. The van der Waals surface area contributed by atoms with Crippen LogP contribution in [-0.4, -0.2) is 27.5 Å². The molecule has 1 heterocycles. The minimum atomic E-state index is -0.446. The molecule has 132 valence electrons. The van der Waals surface area contributed by atoms with E-state index in [-0.39, 0.29) is 16.8 Å². The molecule has 26 heavy (non-hydrogen) atoms. The second kappa shape index (κ2) is 7.92. The monoisotopic (exact) mass is 368 g/mol. The van der Waals surface area contributed by atoms with Crippen LogP contribution in [-0.2, 0) is 11.2 Å². The predicted octanol–water partition coefficient (Wildman–Crippen LogP) is 3.07. The number of carbonyl (C=O) groups is 1. The number of nitrogens with zero attached hydrogens (tertiary/aromatic N) is 3. The van der Waals surface area contributed by atoms with Gasteiger partial charge in [-0.2, -0.15) is 5.10 Å². The normalized spacial score (nSPS) is 18.4. The molecule has 0 aliphatic carbocycles. The Labute approximate surface area is 154 Å². The lowest BCUT2D eigenvalue weighted by Crippen LogP contribution is -2.25. The number of amidine groups is 1. The largest absolute Gasteiger partial charge is 0.303 e. The lowest BCUT2D eigenvalue weighted by atomic mass is 10.1. The fraction of sp³-hybridized carbons (Fsp3) is 0.167. The van der Waals surface area contributed by atoms with Gasteiger partial charge in [-0.25, -0.2) is 0 Å². The van der Waals surface area contributed by atoms with E-state index in [1.165, 1.54) is 23.9 Å². The van der Waals surface area contributed by atoms with Gasteiger partial charge in [-0.05, 0) is 24.5 Å². The van der Waals surface area contributed by atoms with E-state index in [0.717, 1.165) is 16.7 Å². The lowest BCUT2D eigenvalue weighted by Gasteiger charge is -2.04. The molecule has 1 saturated heterocycles. The molecule has 1 N–H and O–H groups in total. The molecule has 1 fully saturated rings. The van der Waals surface area contributed by atoms with Crippen molar-refractivity contribution in [3.63, 3.8) is 0 Å². The van der Waals surface area contributed by atoms with Crippen molar-refractivity contribution in [1.29, 1.82) is 0 Å². The van der Waals surface area contributed by atoms with Crippen molar-refractivity contribution in [2.75, 3.05) is 0 Å². The zero-order valence-corrected chi connectivity index (χ0v) is 14.8. The minimum absolute atomic E-state index is 0.0163. The van der Waals surface area contributed by atoms with Gasteiger partial charge in [0.2, 0.25) is 5.91 Å². The number of carbonyl (C=O) groups excluding carboxylic acids is 1. The lowest BCUT2D eigenvalue weighted by molar-refractivity contribution is -0.384. The van der Waals surface area contributed by atoms with Crippen molar-refractivity contribution in [3.05, 3.63) is 75.3 Å². The second-order valence-corrected chi connectivity index (χ2v) is 6.98. The fourth-order valence-electron chi connectivity index (χ4n) is 2.50. The molecular formula is C18H16N4O3S. The highest BCUT2D eigenvalue weighted by Crippen LogP contribution is 2.24. The molecule has 1 aliphatic rings. The number of non-ortho nitro benzene ring substituents is 1. The maximum Gasteiger partial charge on any atom is 0.269 e. The Balaban J connectivity index is 1.65. The highest BCUT2D eigenvalue weighted by molar-refractivity contribution is 8.15. The van der Waals surface area contributed by atoms with E-state index in [2.05, 4.69) is 15.5 Å². The predicted molar refractivity (Wildman–Crippen MR) is 103 cm³/mol. The van der Waals surface area contributed by atoms with Crippen LogP contribution in [0, 0.1) is 17.0 Å². The number of thioether (sulfide) groups is 1. The van der Waals surface area contributed by atoms with Crippen LogP contribution < -0.4 is 5.32 Å². The van der Waals surface area contributed by atoms with Gasteiger partial charge >= 0.3 is 0 Å². The molecule has 0 saturated carbocycles. The number of aryl methyl sites for hydroxylation is 1. The number of amides is 1. The van der Waals surface area contributed by atoms with E-state index in [9.17, 15) is 14.9 Å². The second-order valence-electron chi connectivity index (χ2n) is 5.79. The molecule has 3 rings (SSSR count). The van der Waals surface area contributed by atoms with E-state index >= 15 is 0 Å². The molecule has 7 nitrogen and oxygen atoms in total. The van der Waals surface area contributed by atoms with Crippen LogP contribution in [0.2, 0.25) is 0 Å². The van der Waals surface area contributed by atoms with Crippen molar-refractivity contribution in [3.8, 4) is 0 Å². The van der Waals surface area contributed by atoms with Gasteiger partial charge in [-0.15, -0.1) is 5.10 Å². The van der Waals surface area contributed by atoms with E-state index < -0.39 is 4.92 Å². The number of rotatable bonds is 5. The number of nitrogens with one attached hydrogen (secondary N) is 1. The molecule has 0 spiro atoms. The maximum absolute atomic E-state index is 12.1. The molecule has 0 radical (unpaired) electrons. The van der Waals surface area contributed by atoms with E-state index in [4.69, 9.17) is 0 Å². The smallest absolute Gasteiger partial charge is 0.269 e. The summed E-state index contributed by atoms with van der Waals surface area (Å²) in [6, 6.07) is 14.1. The Morgan fingerprint density at radius 1 is 1.27 bits per heavy atom. The summed E-state index contributed by atoms with van der Waals surface area (Å²) in [4.78, 5) is 22.5. The standard InChI is InChI=1S/C18H16N4O3S/c1-12-4-2-6-14(8-12)11-19-21-18-20-17(23)16(26-18)10-13-5-3-7-15(9-13)22(24)25/h2-9,11,16H,10H2,1H3,(H,20,21,23)/b19-11+. The Kier molecular flexibility index (Phi) is 5.43. The number of hydrogen-bond donors (Lipinski definition) is 1. The summed E-state index contributed by atoms with van der Waals surface area (Å²) in [6.07, 6.45) is 2.01. The molecule has 2 aromatic carbocycles. The van der Waals surface area contributed by atoms with Crippen LogP contribution in [0.15, 0.2) is 58.7 Å². The van der Waals surface area contributed by atoms with Crippen LogP contribution in [0.25, 0.3) is 0 Å². The van der Waals surface area contributed by atoms with Crippen molar-refractivity contribution in [2.24, 2.45) is 10.2 Å². The summed E-state index contributed by atoms with van der Waals surface area (Å²) in [6.45, 7) is 1.99. The summed E-state index contributed by atoms with van der Waals surface area (Å²) >= 11 is 1.27. The third-order valence-electron chi connectivity index (χ3n) is 3.72. The van der Waals surface area contributed by atoms with Crippen LogP contribution in [0.3, 0.4) is 0 Å². The van der Waals surface area contributed by atoms with Crippen LogP contribution in [0.1, 0.15) is 16.7 Å². The summed E-state index contributed by atoms with van der Waals surface area (Å²) < 4.78 is 0. The highest BCUT2D eigenvalue weighted by Gasteiger charge is 2.30. The van der Waals surface area contributed by atoms with Crippen molar-refractivity contribution in [2.45, 2.75) is 18.6 Å². The van der Waals surface area contributed by atoms with E-state index in [0.29, 0.717) is 11.6 Å². The Morgan fingerprint density at radius 2 is 2.08 bits per heavy atom. The molecule has 1 amide bonds. The molecular weight excluding hydrogens is 352 g/mol. The molecule has 1 aliphatic heterocycles. The molecule has 1 atom stereocenters. The quantitative estimate of drug-likeness (QED) is 0.498. The van der Waals surface area contributed by atoms with Crippen molar-refractivity contribution < 1.29 is 9.72 Å². The molecule has 0 bridgehead atoms. The number of hydrogen-bond acceptors (Lipinski definition) is 6. The fourth-order valence-corrected chi connectivity index (χ4v) is 3.46. The summed E-state index contributed by atoms with van der Waals surface area (Å²) in [5, 5.41) is 21.6. The van der Waals surface area contributed by atoms with Gasteiger partial charge in [-0.1, -0.05) is 53.7 Å². The van der Waals surface area contributed by atoms with Gasteiger partial charge in [0.1, 0.15) is 0 Å². The summed E-state index contributed by atoms with van der Waals surface area (Å²) in [7, 11) is 0. The first-order valence-corrected chi connectivity index (χ1v) is 8.78. The topological polar surface area (TPSA) is 97.0 Å². The van der Waals surface area contributed by atoms with Gasteiger partial charge in [0.05, 0.1) is 16.4 Å². The third kappa shape index (κ3) is 4.54. The Bertz CT molecular complexity index is 911. The van der Waals surface area contributed by atoms with Crippen LogP contribution in [0.5, 0.6) is 0 Å². The number of nitro groups is 1. The maximum atomic E-state index is 12.1. The van der Waals surface area contributed by atoms with Gasteiger partial charge in [0, 0.05) is 12.1 Å². The van der Waals surface area contributed by atoms with E-state index in [1.54, 1.807) is 18.3 Å². The first kappa shape index (κ1) is 17.8. The Morgan fingerprint density at radius 3 is 2.85 bits per heavy atom. The minimum Gasteiger partial charge on any atom is -0.303 e. The average Bonchev–Trinajstić information content (AvgIpc) is 2.95. The first-order chi connectivity index (χ1) is 12.5. The van der Waals surface area contributed by atoms with Gasteiger partial charge in [-0.3, -0.25) is 14.9 Å². The number of nitro benzene ring substituents is 1. The Hall–Kier alpha value is -3.00. The van der Waals surface area contributed by atoms with Crippen molar-refractivity contribution in [1.82, 2.24) is 5.32 Å². The van der Waals surface area contributed by atoms with Crippen LogP contribution >= 0.6 is 11.8 Å². The first-order valence-electron chi connectivity index (χ1n) is 7.90. The molecule has 1 unspecified atom stereocenters. The SMILES string of the molecule is Cc1cccc(/C=N/N=C2\NC(=O)C(Cc3cccc([N+](=O)[O-])c3)S2)c1. The molecule has 2 aromatic rings.